The van der Waals surface area contributed by atoms with E-state index in [4.69, 9.17) is 10.5 Å². The predicted octanol–water partition coefficient (Wildman–Crippen LogP) is 2.72. The maximum absolute atomic E-state index is 5.72. The number of pyridine rings is 1. The zero-order valence-electron chi connectivity index (χ0n) is 9.90. The number of aryl methyl sites for hydroxylation is 1. The van der Waals surface area contributed by atoms with Gasteiger partial charge in [0.25, 0.3) is 0 Å². The smallest absolute Gasteiger partial charge is 0.142 e. The average molecular weight is 229 g/mol. The zero-order valence-corrected chi connectivity index (χ0v) is 9.90. The summed E-state index contributed by atoms with van der Waals surface area (Å²) in [4.78, 5) is 4.35. The van der Waals surface area contributed by atoms with Crippen molar-refractivity contribution in [3.05, 3.63) is 42.1 Å². The van der Waals surface area contributed by atoms with Crippen LogP contribution in [0.2, 0.25) is 0 Å². The van der Waals surface area contributed by atoms with Gasteiger partial charge in [0.1, 0.15) is 11.6 Å². The van der Waals surface area contributed by atoms with Gasteiger partial charge in [-0.05, 0) is 31.2 Å². The van der Waals surface area contributed by atoms with Gasteiger partial charge in [-0.1, -0.05) is 12.1 Å². The first-order valence-electron chi connectivity index (χ1n) is 5.34. The second-order valence-electron chi connectivity index (χ2n) is 3.70. The molecule has 17 heavy (non-hydrogen) atoms. The molecule has 0 amide bonds. The summed E-state index contributed by atoms with van der Waals surface area (Å²) < 4.78 is 5.26. The summed E-state index contributed by atoms with van der Waals surface area (Å²) in [5.41, 5.74) is 8.10. The Balaban J connectivity index is 2.28. The molecule has 4 nitrogen and oxygen atoms in total. The first-order chi connectivity index (χ1) is 8.20. The van der Waals surface area contributed by atoms with E-state index < -0.39 is 0 Å². The summed E-state index contributed by atoms with van der Waals surface area (Å²) in [6, 6.07) is 11.4. The number of nitrogens with zero attached hydrogens (tertiary/aromatic N) is 1. The van der Waals surface area contributed by atoms with Crippen molar-refractivity contribution in [1.29, 1.82) is 0 Å². The third-order valence-corrected chi connectivity index (χ3v) is 2.50. The van der Waals surface area contributed by atoms with Crippen LogP contribution in [0.5, 0.6) is 5.75 Å². The van der Waals surface area contributed by atoms with Gasteiger partial charge >= 0.3 is 0 Å². The summed E-state index contributed by atoms with van der Waals surface area (Å²) >= 11 is 0. The molecule has 0 unspecified atom stereocenters. The Kier molecular flexibility index (Phi) is 3.14. The van der Waals surface area contributed by atoms with Crippen LogP contribution in [0.25, 0.3) is 0 Å². The minimum Gasteiger partial charge on any atom is -0.495 e. The zero-order chi connectivity index (χ0) is 12.3. The topological polar surface area (TPSA) is 60.2 Å². The Morgan fingerprint density at radius 1 is 1.18 bits per heavy atom. The highest BCUT2D eigenvalue weighted by Crippen LogP contribution is 2.26. The summed E-state index contributed by atoms with van der Waals surface area (Å²) in [7, 11) is 1.64. The van der Waals surface area contributed by atoms with Crippen LogP contribution in [-0.2, 0) is 0 Å². The molecule has 1 aromatic carbocycles. The molecule has 0 aliphatic carbocycles. The average Bonchev–Trinajstić information content (AvgIpc) is 2.34. The van der Waals surface area contributed by atoms with E-state index in [1.165, 1.54) is 0 Å². The Labute approximate surface area is 100 Å². The number of ether oxygens (including phenoxy) is 1. The second-order valence-corrected chi connectivity index (χ2v) is 3.70. The highest BCUT2D eigenvalue weighted by atomic mass is 16.5. The Hall–Kier alpha value is -2.23. The molecule has 0 spiro atoms. The van der Waals surface area contributed by atoms with E-state index in [9.17, 15) is 0 Å². The quantitative estimate of drug-likeness (QED) is 0.849. The van der Waals surface area contributed by atoms with E-state index in [-0.39, 0.29) is 0 Å². The minimum absolute atomic E-state index is 0.690. The summed E-state index contributed by atoms with van der Waals surface area (Å²) in [6.45, 7) is 1.88. The van der Waals surface area contributed by atoms with Gasteiger partial charge in [-0.3, -0.25) is 0 Å². The molecule has 0 bridgehead atoms. The normalized spacial score (nSPS) is 10.0. The number of anilines is 3. The van der Waals surface area contributed by atoms with Crippen LogP contribution >= 0.6 is 0 Å². The first-order valence-corrected chi connectivity index (χ1v) is 5.34. The van der Waals surface area contributed by atoms with Gasteiger partial charge in [0.15, 0.2) is 0 Å². The van der Waals surface area contributed by atoms with Crippen molar-refractivity contribution in [2.24, 2.45) is 0 Å². The molecule has 0 atom stereocenters. The van der Waals surface area contributed by atoms with Crippen molar-refractivity contribution in [1.82, 2.24) is 4.98 Å². The second kappa shape index (κ2) is 4.74. The van der Waals surface area contributed by atoms with Gasteiger partial charge < -0.3 is 15.8 Å². The van der Waals surface area contributed by atoms with E-state index in [0.717, 1.165) is 22.9 Å². The number of hydrogen-bond donors (Lipinski definition) is 2. The summed E-state index contributed by atoms with van der Waals surface area (Å²) in [5.74, 6) is 1.53. The number of nitrogen functional groups attached to an aromatic ring is 1. The minimum atomic E-state index is 0.690. The Bertz CT molecular complexity index is 526. The molecule has 2 aromatic rings. The highest BCUT2D eigenvalue weighted by Gasteiger charge is 2.03. The van der Waals surface area contributed by atoms with Crippen LogP contribution < -0.4 is 15.8 Å². The number of nitrogens with two attached hydrogens (primary N) is 1. The lowest BCUT2D eigenvalue weighted by atomic mass is 10.2. The van der Waals surface area contributed by atoms with E-state index in [1.54, 1.807) is 7.11 Å². The fraction of sp³-hybridized carbons (Fsp3) is 0.154. The largest absolute Gasteiger partial charge is 0.495 e. The van der Waals surface area contributed by atoms with E-state index >= 15 is 0 Å². The Morgan fingerprint density at radius 2 is 1.94 bits per heavy atom. The SMILES string of the molecule is COc1ccccc1Nc1ccc(N)c(C)n1. The van der Waals surface area contributed by atoms with Gasteiger partial charge in [-0.25, -0.2) is 4.98 Å². The molecular weight excluding hydrogens is 214 g/mol. The van der Waals surface area contributed by atoms with Gasteiger partial charge in [-0.2, -0.15) is 0 Å². The maximum atomic E-state index is 5.72. The van der Waals surface area contributed by atoms with E-state index in [2.05, 4.69) is 10.3 Å². The summed E-state index contributed by atoms with van der Waals surface area (Å²) in [5, 5.41) is 3.20. The highest BCUT2D eigenvalue weighted by molar-refractivity contribution is 5.65. The van der Waals surface area contributed by atoms with Crippen LogP contribution in [0.15, 0.2) is 36.4 Å². The number of hydrogen-bond acceptors (Lipinski definition) is 4. The first kappa shape index (κ1) is 11.3. The maximum Gasteiger partial charge on any atom is 0.142 e. The van der Waals surface area contributed by atoms with Crippen molar-refractivity contribution in [3.8, 4) is 5.75 Å². The molecule has 1 heterocycles. The predicted molar refractivity (Wildman–Crippen MR) is 69.7 cm³/mol. The Morgan fingerprint density at radius 3 is 2.65 bits per heavy atom. The molecule has 0 saturated carbocycles. The molecule has 0 aliphatic heterocycles. The van der Waals surface area contributed by atoms with E-state index in [1.807, 2.05) is 43.3 Å². The van der Waals surface area contributed by atoms with Crippen LogP contribution in [-0.4, -0.2) is 12.1 Å². The molecule has 0 aliphatic rings. The number of para-hydroxylation sites is 2. The van der Waals surface area contributed by atoms with Gasteiger partial charge in [0.05, 0.1) is 24.2 Å². The standard InChI is InChI=1S/C13H15N3O/c1-9-10(14)7-8-13(15-9)16-11-5-3-4-6-12(11)17-2/h3-8H,14H2,1-2H3,(H,15,16). The number of benzene rings is 1. The van der Waals surface area contributed by atoms with Crippen molar-refractivity contribution >= 4 is 17.2 Å². The van der Waals surface area contributed by atoms with Crippen LogP contribution in [0.1, 0.15) is 5.69 Å². The van der Waals surface area contributed by atoms with Crippen LogP contribution in [0.4, 0.5) is 17.2 Å². The third-order valence-electron chi connectivity index (χ3n) is 2.50. The molecular formula is C13H15N3O. The molecule has 0 saturated heterocycles. The lowest BCUT2D eigenvalue weighted by Crippen LogP contribution is -1.99. The molecule has 0 radical (unpaired) electrons. The molecule has 3 N–H and O–H groups in total. The lowest BCUT2D eigenvalue weighted by Gasteiger charge is -2.11. The van der Waals surface area contributed by atoms with Gasteiger partial charge in [-0.15, -0.1) is 0 Å². The lowest BCUT2D eigenvalue weighted by molar-refractivity contribution is 0.417. The fourth-order valence-corrected chi connectivity index (χ4v) is 1.53. The van der Waals surface area contributed by atoms with E-state index in [0.29, 0.717) is 5.69 Å². The molecule has 88 valence electrons. The van der Waals surface area contributed by atoms with Crippen molar-refractivity contribution < 1.29 is 4.74 Å². The van der Waals surface area contributed by atoms with Gasteiger partial charge in [0, 0.05) is 0 Å². The van der Waals surface area contributed by atoms with Crippen molar-refractivity contribution in [3.63, 3.8) is 0 Å². The number of methoxy groups -OCH3 is 1. The number of rotatable bonds is 3. The monoisotopic (exact) mass is 229 g/mol. The van der Waals surface area contributed by atoms with Gasteiger partial charge in [0.2, 0.25) is 0 Å². The third kappa shape index (κ3) is 2.47. The summed E-state index contributed by atoms with van der Waals surface area (Å²) in [6.07, 6.45) is 0. The number of aromatic nitrogens is 1. The van der Waals surface area contributed by atoms with Crippen LogP contribution in [0.3, 0.4) is 0 Å². The molecule has 1 aromatic heterocycles. The molecule has 0 fully saturated rings. The van der Waals surface area contributed by atoms with Crippen molar-refractivity contribution in [2.45, 2.75) is 6.92 Å². The molecule has 2 rings (SSSR count). The fourth-order valence-electron chi connectivity index (χ4n) is 1.53. The van der Waals surface area contributed by atoms with Crippen molar-refractivity contribution in [2.75, 3.05) is 18.2 Å². The number of nitrogens with one attached hydrogen (secondary N) is 1. The molecule has 4 heteroatoms. The van der Waals surface area contributed by atoms with Crippen LogP contribution in [0, 0.1) is 6.92 Å².